The van der Waals surface area contributed by atoms with E-state index in [0.717, 1.165) is 28.7 Å². The highest BCUT2D eigenvalue weighted by Crippen LogP contribution is 2.28. The van der Waals surface area contributed by atoms with Gasteiger partial charge in [-0.1, -0.05) is 18.2 Å². The Bertz CT molecular complexity index is 726. The standard InChI is InChI=1S/C16H13NO2/c1-19-13-7-5-12(6-8-13)14-10-17-9-3-2-4-16(17)15(14)11-18/h2-11H,1H3. The van der Waals surface area contributed by atoms with E-state index < -0.39 is 0 Å². The van der Waals surface area contributed by atoms with E-state index in [1.807, 2.05) is 59.3 Å². The maximum Gasteiger partial charge on any atom is 0.152 e. The third-order valence-corrected chi connectivity index (χ3v) is 3.24. The van der Waals surface area contributed by atoms with Crippen molar-refractivity contribution in [2.24, 2.45) is 0 Å². The van der Waals surface area contributed by atoms with E-state index in [4.69, 9.17) is 4.74 Å². The van der Waals surface area contributed by atoms with Crippen molar-refractivity contribution >= 4 is 11.8 Å². The Labute approximate surface area is 111 Å². The zero-order valence-electron chi connectivity index (χ0n) is 10.5. The van der Waals surface area contributed by atoms with Crippen molar-refractivity contribution < 1.29 is 9.53 Å². The molecule has 0 N–H and O–H groups in total. The van der Waals surface area contributed by atoms with Crippen molar-refractivity contribution in [3.63, 3.8) is 0 Å². The van der Waals surface area contributed by atoms with Gasteiger partial charge in [0.25, 0.3) is 0 Å². The molecule has 0 saturated carbocycles. The smallest absolute Gasteiger partial charge is 0.152 e. The molecule has 0 saturated heterocycles. The lowest BCUT2D eigenvalue weighted by Gasteiger charge is -2.02. The number of rotatable bonds is 3. The van der Waals surface area contributed by atoms with E-state index in [1.54, 1.807) is 7.11 Å². The van der Waals surface area contributed by atoms with Crippen LogP contribution in [0.25, 0.3) is 16.6 Å². The summed E-state index contributed by atoms with van der Waals surface area (Å²) in [6.07, 6.45) is 4.82. The number of pyridine rings is 1. The first-order chi connectivity index (χ1) is 9.33. The van der Waals surface area contributed by atoms with E-state index >= 15 is 0 Å². The maximum absolute atomic E-state index is 11.4. The van der Waals surface area contributed by atoms with Crippen LogP contribution in [0, 0.1) is 0 Å². The maximum atomic E-state index is 11.4. The fourth-order valence-corrected chi connectivity index (χ4v) is 2.27. The van der Waals surface area contributed by atoms with Crippen LogP contribution < -0.4 is 4.74 Å². The summed E-state index contributed by atoms with van der Waals surface area (Å²) in [5.74, 6) is 0.806. The predicted molar refractivity (Wildman–Crippen MR) is 74.8 cm³/mol. The number of hydrogen-bond acceptors (Lipinski definition) is 2. The van der Waals surface area contributed by atoms with E-state index in [-0.39, 0.29) is 0 Å². The molecule has 0 aliphatic carbocycles. The molecule has 3 rings (SSSR count). The van der Waals surface area contributed by atoms with Gasteiger partial charge in [-0.15, -0.1) is 0 Å². The fourth-order valence-electron chi connectivity index (χ4n) is 2.27. The van der Waals surface area contributed by atoms with Crippen LogP contribution in [0.4, 0.5) is 0 Å². The molecule has 0 radical (unpaired) electrons. The summed E-state index contributed by atoms with van der Waals surface area (Å²) in [7, 11) is 1.64. The van der Waals surface area contributed by atoms with Crippen molar-refractivity contribution in [3.8, 4) is 16.9 Å². The van der Waals surface area contributed by atoms with Gasteiger partial charge >= 0.3 is 0 Å². The molecule has 19 heavy (non-hydrogen) atoms. The van der Waals surface area contributed by atoms with Crippen LogP contribution in [-0.4, -0.2) is 17.8 Å². The molecule has 0 amide bonds. The number of methoxy groups -OCH3 is 1. The first-order valence-corrected chi connectivity index (χ1v) is 6.03. The van der Waals surface area contributed by atoms with Crippen LogP contribution >= 0.6 is 0 Å². The van der Waals surface area contributed by atoms with Crippen LogP contribution in [0.1, 0.15) is 10.4 Å². The summed E-state index contributed by atoms with van der Waals surface area (Å²) in [5, 5.41) is 0. The summed E-state index contributed by atoms with van der Waals surface area (Å²) in [6, 6.07) is 13.5. The summed E-state index contributed by atoms with van der Waals surface area (Å²) in [6.45, 7) is 0. The number of hydrogen-bond donors (Lipinski definition) is 0. The number of ether oxygens (including phenoxy) is 1. The van der Waals surface area contributed by atoms with Gasteiger partial charge in [0.05, 0.1) is 12.6 Å². The third-order valence-electron chi connectivity index (χ3n) is 3.24. The summed E-state index contributed by atoms with van der Waals surface area (Å²) >= 11 is 0. The quantitative estimate of drug-likeness (QED) is 0.668. The number of carbonyl (C=O) groups excluding carboxylic acids is 1. The topological polar surface area (TPSA) is 30.7 Å². The molecule has 3 heteroatoms. The molecule has 2 heterocycles. The van der Waals surface area contributed by atoms with Gasteiger partial charge < -0.3 is 9.14 Å². The molecule has 0 aliphatic rings. The lowest BCUT2D eigenvalue weighted by molar-refractivity contribution is 0.112. The van der Waals surface area contributed by atoms with Crippen LogP contribution in [0.3, 0.4) is 0 Å². The van der Waals surface area contributed by atoms with E-state index in [0.29, 0.717) is 5.56 Å². The summed E-state index contributed by atoms with van der Waals surface area (Å²) in [5.41, 5.74) is 3.57. The van der Waals surface area contributed by atoms with Crippen LogP contribution in [0.2, 0.25) is 0 Å². The van der Waals surface area contributed by atoms with E-state index in [1.165, 1.54) is 0 Å². The molecule has 0 spiro atoms. The van der Waals surface area contributed by atoms with Crippen molar-refractivity contribution in [1.29, 1.82) is 0 Å². The van der Waals surface area contributed by atoms with Crippen molar-refractivity contribution in [3.05, 3.63) is 60.4 Å². The lowest BCUT2D eigenvalue weighted by Crippen LogP contribution is -1.85. The molecule has 94 valence electrons. The first-order valence-electron chi connectivity index (χ1n) is 6.03. The first kappa shape index (κ1) is 11.5. The Morgan fingerprint density at radius 3 is 2.58 bits per heavy atom. The lowest BCUT2D eigenvalue weighted by atomic mass is 10.0. The monoisotopic (exact) mass is 251 g/mol. The molecule has 0 aliphatic heterocycles. The predicted octanol–water partition coefficient (Wildman–Crippen LogP) is 3.43. The molecule has 0 unspecified atom stereocenters. The minimum atomic E-state index is 0.714. The summed E-state index contributed by atoms with van der Waals surface area (Å²) < 4.78 is 7.11. The Morgan fingerprint density at radius 2 is 1.89 bits per heavy atom. The highest BCUT2D eigenvalue weighted by Gasteiger charge is 2.11. The molecule has 1 aromatic carbocycles. The van der Waals surface area contributed by atoms with Gasteiger partial charge in [-0.3, -0.25) is 4.79 Å². The Hall–Kier alpha value is -2.55. The van der Waals surface area contributed by atoms with Crippen molar-refractivity contribution in [2.45, 2.75) is 0 Å². The van der Waals surface area contributed by atoms with Gasteiger partial charge in [-0.25, -0.2) is 0 Å². The van der Waals surface area contributed by atoms with Crippen molar-refractivity contribution in [1.82, 2.24) is 4.40 Å². The number of carbonyl (C=O) groups is 1. The van der Waals surface area contributed by atoms with Gasteiger partial charge in [0.15, 0.2) is 6.29 Å². The largest absolute Gasteiger partial charge is 0.497 e. The zero-order chi connectivity index (χ0) is 13.2. The van der Waals surface area contributed by atoms with Gasteiger partial charge in [-0.2, -0.15) is 0 Å². The van der Waals surface area contributed by atoms with E-state index in [9.17, 15) is 4.79 Å². The molecule has 0 atom stereocenters. The molecule has 2 aromatic heterocycles. The molecule has 0 fully saturated rings. The van der Waals surface area contributed by atoms with Crippen molar-refractivity contribution in [2.75, 3.05) is 7.11 Å². The number of fused-ring (bicyclic) bond motifs is 1. The number of aldehydes is 1. The minimum absolute atomic E-state index is 0.714. The average Bonchev–Trinajstić information content (AvgIpc) is 2.85. The van der Waals surface area contributed by atoms with E-state index in [2.05, 4.69) is 0 Å². The Kier molecular flexibility index (Phi) is 2.80. The second-order valence-electron chi connectivity index (χ2n) is 4.30. The van der Waals surface area contributed by atoms with Crippen LogP contribution in [0.15, 0.2) is 54.9 Å². The molecule has 3 nitrogen and oxygen atoms in total. The highest BCUT2D eigenvalue weighted by atomic mass is 16.5. The Balaban J connectivity index is 2.20. The molecular weight excluding hydrogens is 238 g/mol. The van der Waals surface area contributed by atoms with Crippen LogP contribution in [0.5, 0.6) is 5.75 Å². The molecular formula is C16H13NO2. The normalized spacial score (nSPS) is 10.6. The second kappa shape index (κ2) is 4.61. The number of benzene rings is 1. The van der Waals surface area contributed by atoms with Gasteiger partial charge in [0, 0.05) is 23.5 Å². The van der Waals surface area contributed by atoms with Gasteiger partial charge in [-0.05, 0) is 29.8 Å². The number of nitrogens with zero attached hydrogens (tertiary/aromatic N) is 1. The highest BCUT2D eigenvalue weighted by molar-refractivity contribution is 5.96. The molecule has 0 bridgehead atoms. The number of aromatic nitrogens is 1. The fraction of sp³-hybridized carbons (Fsp3) is 0.0625. The minimum Gasteiger partial charge on any atom is -0.497 e. The average molecular weight is 251 g/mol. The zero-order valence-corrected chi connectivity index (χ0v) is 10.5. The van der Waals surface area contributed by atoms with Gasteiger partial charge in [0.1, 0.15) is 5.75 Å². The summed E-state index contributed by atoms with van der Waals surface area (Å²) in [4.78, 5) is 11.4. The second-order valence-corrected chi connectivity index (χ2v) is 4.30. The van der Waals surface area contributed by atoms with Crippen LogP contribution in [-0.2, 0) is 0 Å². The third kappa shape index (κ3) is 1.89. The SMILES string of the molecule is COc1ccc(-c2cn3ccccc3c2C=O)cc1. The van der Waals surface area contributed by atoms with Gasteiger partial charge in [0.2, 0.25) is 0 Å². The Morgan fingerprint density at radius 1 is 1.11 bits per heavy atom. The molecule has 3 aromatic rings.